The predicted molar refractivity (Wildman–Crippen MR) is 84.0 cm³/mol. The molecule has 2 unspecified atom stereocenters. The van der Waals surface area contributed by atoms with Crippen molar-refractivity contribution in [1.29, 1.82) is 0 Å². The number of ether oxygens (including phenoxy) is 1. The number of allylic oxidation sites excluding steroid dienone is 1. The molecule has 0 saturated carbocycles. The Balaban J connectivity index is 2.46. The van der Waals surface area contributed by atoms with Gasteiger partial charge in [0.25, 0.3) is 0 Å². The van der Waals surface area contributed by atoms with E-state index >= 15 is 0 Å². The molecule has 0 radical (unpaired) electrons. The maximum absolute atomic E-state index is 11.5. The van der Waals surface area contributed by atoms with Crippen molar-refractivity contribution in [2.24, 2.45) is 5.92 Å². The van der Waals surface area contributed by atoms with Gasteiger partial charge in [-0.1, -0.05) is 38.2 Å². The van der Waals surface area contributed by atoms with Gasteiger partial charge >= 0.3 is 17.9 Å². The van der Waals surface area contributed by atoms with Gasteiger partial charge in [0.05, 0.1) is 0 Å². The lowest BCUT2D eigenvalue weighted by Gasteiger charge is -2.29. The predicted octanol–water partition coefficient (Wildman–Crippen LogP) is 3.15. The van der Waals surface area contributed by atoms with E-state index in [-0.39, 0.29) is 19.3 Å². The van der Waals surface area contributed by atoms with Gasteiger partial charge in [0, 0.05) is 12.8 Å². The fraction of sp³-hybridized carbons (Fsp3) is 0.706. The fourth-order valence-electron chi connectivity index (χ4n) is 3.04. The van der Waals surface area contributed by atoms with Gasteiger partial charge in [0.1, 0.15) is 5.92 Å². The normalized spacial score (nSPS) is 21.7. The molecular weight excluding hydrogens is 300 g/mol. The second-order valence-electron chi connectivity index (χ2n) is 6.05. The Labute approximate surface area is 136 Å². The molecule has 130 valence electrons. The van der Waals surface area contributed by atoms with E-state index in [1.165, 1.54) is 0 Å². The molecule has 0 aromatic rings. The van der Waals surface area contributed by atoms with Crippen LogP contribution in [0.5, 0.6) is 0 Å². The number of aliphatic carboxylic acids is 2. The number of esters is 1. The Morgan fingerprint density at radius 3 is 2.26 bits per heavy atom. The number of unbranched alkanes of at least 4 members (excludes halogenated alkanes) is 6. The first kappa shape index (κ1) is 19.2. The zero-order valence-corrected chi connectivity index (χ0v) is 13.5. The summed E-state index contributed by atoms with van der Waals surface area (Å²) in [6, 6.07) is 0. The summed E-state index contributed by atoms with van der Waals surface area (Å²) < 4.78 is 4.93. The van der Waals surface area contributed by atoms with Crippen LogP contribution in [0.15, 0.2) is 12.7 Å². The Bertz CT molecular complexity index is 444. The van der Waals surface area contributed by atoms with E-state index in [0.717, 1.165) is 38.5 Å². The largest absolute Gasteiger partial charge is 0.481 e. The van der Waals surface area contributed by atoms with Crippen LogP contribution in [0, 0.1) is 5.92 Å². The fourth-order valence-corrected chi connectivity index (χ4v) is 3.04. The van der Waals surface area contributed by atoms with Gasteiger partial charge in [-0.3, -0.25) is 9.59 Å². The molecule has 1 fully saturated rings. The molecule has 1 saturated heterocycles. The summed E-state index contributed by atoms with van der Waals surface area (Å²) in [4.78, 5) is 34.3. The van der Waals surface area contributed by atoms with Crippen molar-refractivity contribution >= 4 is 17.9 Å². The molecular formula is C17H26O6. The highest BCUT2D eigenvalue weighted by Gasteiger charge is 2.56. The van der Waals surface area contributed by atoms with Crippen LogP contribution in [0.3, 0.4) is 0 Å². The molecule has 1 rings (SSSR count). The van der Waals surface area contributed by atoms with Crippen LogP contribution >= 0.6 is 0 Å². The molecule has 0 aliphatic carbocycles. The molecule has 1 aliphatic heterocycles. The number of hydrogen-bond donors (Lipinski definition) is 2. The summed E-state index contributed by atoms with van der Waals surface area (Å²) >= 11 is 0. The summed E-state index contributed by atoms with van der Waals surface area (Å²) in [6.45, 7) is 3.67. The molecule has 0 aromatic carbocycles. The average molecular weight is 326 g/mol. The van der Waals surface area contributed by atoms with E-state index in [4.69, 9.17) is 4.74 Å². The summed E-state index contributed by atoms with van der Waals surface area (Å²) in [5.74, 6) is -4.40. The maximum Gasteiger partial charge on any atom is 0.349 e. The van der Waals surface area contributed by atoms with Gasteiger partial charge in [0.2, 0.25) is 5.60 Å². The van der Waals surface area contributed by atoms with Crippen LogP contribution in [-0.2, 0) is 19.1 Å². The van der Waals surface area contributed by atoms with Crippen molar-refractivity contribution in [3.8, 4) is 0 Å². The first-order chi connectivity index (χ1) is 10.9. The zero-order chi connectivity index (χ0) is 17.3. The van der Waals surface area contributed by atoms with Crippen LogP contribution in [0.1, 0.15) is 64.2 Å². The van der Waals surface area contributed by atoms with Gasteiger partial charge in [0.15, 0.2) is 0 Å². The van der Waals surface area contributed by atoms with Crippen LogP contribution < -0.4 is 0 Å². The minimum absolute atomic E-state index is 0.0423. The number of carboxylic acids is 2. The van der Waals surface area contributed by atoms with Crippen molar-refractivity contribution in [3.05, 3.63) is 12.7 Å². The molecule has 6 nitrogen and oxygen atoms in total. The van der Waals surface area contributed by atoms with Crippen molar-refractivity contribution in [2.75, 3.05) is 0 Å². The Hall–Kier alpha value is -1.85. The summed E-state index contributed by atoms with van der Waals surface area (Å²) in [5.41, 5.74) is -1.90. The Morgan fingerprint density at radius 2 is 1.78 bits per heavy atom. The lowest BCUT2D eigenvalue weighted by molar-refractivity contribution is -0.182. The highest BCUT2D eigenvalue weighted by molar-refractivity contribution is 5.90. The lowest BCUT2D eigenvalue weighted by atomic mass is 9.81. The third-order valence-electron chi connectivity index (χ3n) is 4.37. The lowest BCUT2D eigenvalue weighted by Crippen LogP contribution is -2.49. The molecule has 0 amide bonds. The number of carboxylic acid groups (broad SMARTS) is 2. The standard InChI is InChI=1S/C17H26O6/c1-2-3-4-5-6-7-8-9-10-13(15(19)20)17(16(21)22)12-11-14(18)23-17/h2,13H,1,3-12H2,(H,19,20)(H,21,22). The SMILES string of the molecule is C=CCCCCCCCCC(C(=O)O)C1(C(=O)O)CCC(=O)O1. The van der Waals surface area contributed by atoms with Gasteiger partial charge in [-0.15, -0.1) is 6.58 Å². The summed E-state index contributed by atoms with van der Waals surface area (Å²) in [5, 5.41) is 18.7. The molecule has 2 N–H and O–H groups in total. The third-order valence-corrected chi connectivity index (χ3v) is 4.37. The van der Waals surface area contributed by atoms with Gasteiger partial charge in [-0.25, -0.2) is 4.79 Å². The van der Waals surface area contributed by atoms with E-state index in [9.17, 15) is 24.6 Å². The maximum atomic E-state index is 11.5. The number of cyclic esters (lactones) is 1. The minimum atomic E-state index is -1.90. The van der Waals surface area contributed by atoms with Gasteiger partial charge in [-0.05, 0) is 19.3 Å². The Kier molecular flexibility index (Phi) is 7.78. The van der Waals surface area contributed by atoms with Crippen molar-refractivity contribution in [1.82, 2.24) is 0 Å². The molecule has 6 heteroatoms. The summed E-state index contributed by atoms with van der Waals surface area (Å²) in [6.07, 6.45) is 8.75. The molecule has 2 atom stereocenters. The number of hydrogen-bond acceptors (Lipinski definition) is 4. The van der Waals surface area contributed by atoms with Crippen LogP contribution in [-0.4, -0.2) is 33.7 Å². The van der Waals surface area contributed by atoms with Crippen LogP contribution in [0.25, 0.3) is 0 Å². The second-order valence-corrected chi connectivity index (χ2v) is 6.05. The molecule has 0 spiro atoms. The quantitative estimate of drug-likeness (QED) is 0.324. The van der Waals surface area contributed by atoms with E-state index in [1.807, 2.05) is 6.08 Å². The number of carbonyl (C=O) groups excluding carboxylic acids is 1. The van der Waals surface area contributed by atoms with E-state index < -0.39 is 29.4 Å². The number of carbonyl (C=O) groups is 3. The van der Waals surface area contributed by atoms with Gasteiger partial charge < -0.3 is 14.9 Å². The van der Waals surface area contributed by atoms with E-state index in [0.29, 0.717) is 6.42 Å². The number of rotatable bonds is 12. The average Bonchev–Trinajstić information content (AvgIpc) is 2.88. The highest BCUT2D eigenvalue weighted by Crippen LogP contribution is 2.37. The second kappa shape index (κ2) is 9.33. The monoisotopic (exact) mass is 326 g/mol. The topological polar surface area (TPSA) is 101 Å². The van der Waals surface area contributed by atoms with Gasteiger partial charge in [-0.2, -0.15) is 0 Å². The highest BCUT2D eigenvalue weighted by atomic mass is 16.6. The van der Waals surface area contributed by atoms with E-state index in [2.05, 4.69) is 6.58 Å². The van der Waals surface area contributed by atoms with Crippen molar-refractivity contribution in [3.63, 3.8) is 0 Å². The Morgan fingerprint density at radius 1 is 1.17 bits per heavy atom. The third kappa shape index (κ3) is 5.37. The van der Waals surface area contributed by atoms with Crippen molar-refractivity contribution in [2.45, 2.75) is 69.8 Å². The molecule has 1 aliphatic rings. The van der Waals surface area contributed by atoms with Crippen LogP contribution in [0.2, 0.25) is 0 Å². The zero-order valence-electron chi connectivity index (χ0n) is 13.5. The molecule has 23 heavy (non-hydrogen) atoms. The van der Waals surface area contributed by atoms with Crippen molar-refractivity contribution < 1.29 is 29.3 Å². The minimum Gasteiger partial charge on any atom is -0.481 e. The smallest absolute Gasteiger partial charge is 0.349 e. The molecule has 0 aromatic heterocycles. The van der Waals surface area contributed by atoms with Crippen LogP contribution in [0.4, 0.5) is 0 Å². The first-order valence-corrected chi connectivity index (χ1v) is 8.23. The van der Waals surface area contributed by atoms with E-state index in [1.54, 1.807) is 0 Å². The summed E-state index contributed by atoms with van der Waals surface area (Å²) in [7, 11) is 0. The molecule has 1 heterocycles. The molecule has 0 bridgehead atoms. The first-order valence-electron chi connectivity index (χ1n) is 8.23.